The maximum Gasteiger partial charge on any atom is 0.305 e. The summed E-state index contributed by atoms with van der Waals surface area (Å²) in [6.07, 6.45) is 16.0. The Bertz CT molecular complexity index is 966. The summed E-state index contributed by atoms with van der Waals surface area (Å²) in [6, 6.07) is -0.621. The van der Waals surface area contributed by atoms with E-state index in [9.17, 15) is 33.9 Å². The molecule has 0 aromatic heterocycles. The Kier molecular flexibility index (Phi) is 34.0. The molecule has 15 nitrogen and oxygen atoms in total. The topological polar surface area (TPSA) is 216 Å². The van der Waals surface area contributed by atoms with E-state index in [1.54, 1.807) is 0 Å². The maximum atomic E-state index is 12.4. The molecule has 3 amide bonds. The molecule has 5 N–H and O–H groups in total. The Morgan fingerprint density at radius 2 is 0.923 bits per heavy atom. The molecule has 1 unspecified atom stereocenters. The quantitative estimate of drug-likeness (QED) is 0.0566. The van der Waals surface area contributed by atoms with Crippen LogP contribution in [0.4, 0.5) is 0 Å². The van der Waals surface area contributed by atoms with Gasteiger partial charge in [-0.25, -0.2) is 0 Å². The number of nitrogens with one attached hydrogen (secondary N) is 3. The smallest absolute Gasteiger partial charge is 0.305 e. The van der Waals surface area contributed by atoms with Gasteiger partial charge in [0.2, 0.25) is 17.7 Å². The summed E-state index contributed by atoms with van der Waals surface area (Å²) in [5.41, 5.74) is 0. The lowest BCUT2D eigenvalue weighted by Gasteiger charge is -2.17. The van der Waals surface area contributed by atoms with Crippen LogP contribution >= 0.6 is 0 Å². The van der Waals surface area contributed by atoms with Crippen LogP contribution in [-0.2, 0) is 47.7 Å². The van der Waals surface area contributed by atoms with E-state index in [1.165, 1.54) is 51.9 Å². The molecule has 0 aromatic rings. The van der Waals surface area contributed by atoms with Gasteiger partial charge < -0.3 is 45.1 Å². The molecular formula is C37H67N3O12. The van der Waals surface area contributed by atoms with Crippen LogP contribution in [-0.4, -0.2) is 118 Å². The molecule has 0 bridgehead atoms. The molecule has 0 saturated carbocycles. The summed E-state index contributed by atoms with van der Waals surface area (Å²) < 4.78 is 21.0. The first-order chi connectivity index (χ1) is 25.1. The fraction of sp³-hybridized carbons (Fsp3) is 0.838. The van der Waals surface area contributed by atoms with E-state index in [2.05, 4.69) is 16.0 Å². The average Bonchev–Trinajstić information content (AvgIpc) is 3.08. The Hall–Kier alpha value is -3.14. The van der Waals surface area contributed by atoms with E-state index in [0.29, 0.717) is 32.8 Å². The lowest BCUT2D eigenvalue weighted by Crippen LogP contribution is -2.38. The third-order valence-electron chi connectivity index (χ3n) is 7.97. The highest BCUT2D eigenvalue weighted by molar-refractivity contribution is 5.78. The Morgan fingerprint density at radius 1 is 0.481 bits per heavy atom. The second-order valence-electron chi connectivity index (χ2n) is 13.0. The van der Waals surface area contributed by atoms with Gasteiger partial charge in [-0.2, -0.15) is 0 Å². The van der Waals surface area contributed by atoms with Gasteiger partial charge in [-0.1, -0.05) is 77.0 Å². The van der Waals surface area contributed by atoms with Crippen LogP contribution < -0.4 is 16.0 Å². The van der Waals surface area contributed by atoms with Crippen molar-refractivity contribution < 1.29 is 57.9 Å². The summed E-state index contributed by atoms with van der Waals surface area (Å²) in [6.45, 7) is 3.57. The van der Waals surface area contributed by atoms with Crippen molar-refractivity contribution in [2.75, 3.05) is 65.9 Å². The zero-order valence-electron chi connectivity index (χ0n) is 31.6. The predicted molar refractivity (Wildman–Crippen MR) is 195 cm³/mol. The summed E-state index contributed by atoms with van der Waals surface area (Å²) in [5, 5.41) is 26.0. The van der Waals surface area contributed by atoms with Crippen molar-refractivity contribution in [3.63, 3.8) is 0 Å². The fourth-order valence-electron chi connectivity index (χ4n) is 5.21. The number of carboxylic acids is 2. The van der Waals surface area contributed by atoms with Crippen molar-refractivity contribution in [2.24, 2.45) is 0 Å². The second kappa shape index (κ2) is 36.2. The molecule has 15 heteroatoms. The molecule has 0 aliphatic heterocycles. The molecule has 0 rings (SSSR count). The zero-order valence-corrected chi connectivity index (χ0v) is 31.6. The van der Waals surface area contributed by atoms with Crippen LogP contribution in [0.2, 0.25) is 0 Å². The molecule has 0 spiro atoms. The van der Waals surface area contributed by atoms with Crippen molar-refractivity contribution in [1.29, 1.82) is 0 Å². The average molecular weight is 746 g/mol. The van der Waals surface area contributed by atoms with Crippen molar-refractivity contribution in [2.45, 2.75) is 135 Å². The normalized spacial score (nSPS) is 11.6. The summed E-state index contributed by atoms with van der Waals surface area (Å²) in [4.78, 5) is 68.9. The molecule has 0 heterocycles. The molecular weight excluding hydrogens is 678 g/mol. The van der Waals surface area contributed by atoms with Gasteiger partial charge in [-0.3, -0.25) is 28.8 Å². The minimum atomic E-state index is -1.04. The van der Waals surface area contributed by atoms with Gasteiger partial charge in [0, 0.05) is 38.4 Å². The van der Waals surface area contributed by atoms with E-state index in [-0.39, 0.29) is 88.8 Å². The molecule has 1 atom stereocenters. The van der Waals surface area contributed by atoms with Gasteiger partial charge in [0.15, 0.2) is 5.78 Å². The van der Waals surface area contributed by atoms with Crippen LogP contribution in [0, 0.1) is 0 Å². The SMILES string of the molecule is CC(=O)COCCOCCNC(=O)COCCOCCNC(=O)CCC(CC(=O)O)NC(=O)CCCCCCCCCCCCCCCCC(=O)O. The molecule has 0 aliphatic rings. The monoisotopic (exact) mass is 745 g/mol. The summed E-state index contributed by atoms with van der Waals surface area (Å²) >= 11 is 0. The molecule has 0 aromatic carbocycles. The highest BCUT2D eigenvalue weighted by Crippen LogP contribution is 2.14. The Morgan fingerprint density at radius 3 is 1.40 bits per heavy atom. The largest absolute Gasteiger partial charge is 0.481 e. The van der Waals surface area contributed by atoms with Crippen LogP contribution in [0.15, 0.2) is 0 Å². The van der Waals surface area contributed by atoms with E-state index in [0.717, 1.165) is 44.9 Å². The van der Waals surface area contributed by atoms with Gasteiger partial charge in [0.05, 0.1) is 46.1 Å². The summed E-state index contributed by atoms with van der Waals surface area (Å²) in [5.74, 6) is -2.55. The minimum absolute atomic E-state index is 0.0532. The number of aliphatic carboxylic acids is 2. The van der Waals surface area contributed by atoms with Crippen molar-refractivity contribution in [1.82, 2.24) is 16.0 Å². The van der Waals surface area contributed by atoms with Gasteiger partial charge in [-0.15, -0.1) is 0 Å². The fourth-order valence-corrected chi connectivity index (χ4v) is 5.21. The highest BCUT2D eigenvalue weighted by atomic mass is 16.5. The van der Waals surface area contributed by atoms with Crippen molar-refractivity contribution >= 4 is 35.4 Å². The van der Waals surface area contributed by atoms with Gasteiger partial charge in [0.25, 0.3) is 0 Å². The van der Waals surface area contributed by atoms with Crippen LogP contribution in [0.1, 0.15) is 129 Å². The molecule has 302 valence electrons. The number of ether oxygens (including phenoxy) is 4. The minimum Gasteiger partial charge on any atom is -0.481 e. The lowest BCUT2D eigenvalue weighted by molar-refractivity contribution is -0.138. The maximum absolute atomic E-state index is 12.4. The Labute approximate surface area is 310 Å². The van der Waals surface area contributed by atoms with Crippen molar-refractivity contribution in [3.05, 3.63) is 0 Å². The molecule has 0 radical (unpaired) electrons. The number of hydrogen-bond acceptors (Lipinski definition) is 10. The van der Waals surface area contributed by atoms with E-state index in [4.69, 9.17) is 24.1 Å². The molecule has 0 saturated heterocycles. The number of unbranched alkanes of at least 4 members (excludes halogenated alkanes) is 13. The number of carboxylic acid groups (broad SMARTS) is 2. The number of carbonyl (C=O) groups is 6. The Balaban J connectivity index is 3.74. The first-order valence-electron chi connectivity index (χ1n) is 19.2. The predicted octanol–water partition coefficient (Wildman–Crippen LogP) is 3.94. The van der Waals surface area contributed by atoms with Crippen LogP contribution in [0.25, 0.3) is 0 Å². The highest BCUT2D eigenvalue weighted by Gasteiger charge is 2.17. The molecule has 0 aliphatic carbocycles. The van der Waals surface area contributed by atoms with Crippen molar-refractivity contribution in [3.8, 4) is 0 Å². The third kappa shape index (κ3) is 38.1. The zero-order chi connectivity index (χ0) is 38.5. The number of hydrogen-bond donors (Lipinski definition) is 5. The number of Topliss-reactive ketones (excluding diaryl/α,β-unsaturated/α-hetero) is 1. The molecule has 52 heavy (non-hydrogen) atoms. The van der Waals surface area contributed by atoms with E-state index < -0.39 is 18.0 Å². The van der Waals surface area contributed by atoms with Gasteiger partial charge in [0.1, 0.15) is 13.2 Å². The summed E-state index contributed by atoms with van der Waals surface area (Å²) in [7, 11) is 0. The lowest BCUT2D eigenvalue weighted by atomic mass is 10.0. The first kappa shape index (κ1) is 48.9. The number of carbonyl (C=O) groups excluding carboxylic acids is 4. The van der Waals surface area contributed by atoms with Gasteiger partial charge in [-0.05, 0) is 26.2 Å². The van der Waals surface area contributed by atoms with Crippen LogP contribution in [0.3, 0.4) is 0 Å². The first-order valence-corrected chi connectivity index (χ1v) is 19.2. The number of amides is 3. The second-order valence-corrected chi connectivity index (χ2v) is 13.0. The van der Waals surface area contributed by atoms with Gasteiger partial charge >= 0.3 is 11.9 Å². The van der Waals surface area contributed by atoms with E-state index in [1.807, 2.05) is 0 Å². The van der Waals surface area contributed by atoms with Crippen LogP contribution in [0.5, 0.6) is 0 Å². The van der Waals surface area contributed by atoms with E-state index >= 15 is 0 Å². The third-order valence-corrected chi connectivity index (χ3v) is 7.97. The number of rotatable bonds is 39. The number of ketones is 1. The standard InChI is InChI=1S/C37H67N3O12/c1-31(41)29-51-26-24-50-23-21-39-35(44)30-52-27-25-49-22-20-38-33(42)19-18-32(28-37(47)48)40-34(43)16-14-12-10-8-6-4-2-3-5-7-9-11-13-15-17-36(45)46/h32H,2-30H2,1H3,(H,38,42)(H,39,44)(H,40,43)(H,45,46)(H,47,48). The molecule has 0 fully saturated rings.